The summed E-state index contributed by atoms with van der Waals surface area (Å²) < 4.78 is 10.7. The predicted molar refractivity (Wildman–Crippen MR) is 100 cm³/mol. The fourth-order valence-corrected chi connectivity index (χ4v) is 3.24. The number of nitrogens with zero attached hydrogens (tertiary/aromatic N) is 2. The molecule has 2 heterocycles. The van der Waals surface area contributed by atoms with Gasteiger partial charge in [-0.1, -0.05) is 11.6 Å². The number of pyridine rings is 1. The SMILES string of the molecule is COc1nc(N)c(Cl)cc1C(=O)NC1CCN(CCCC(=O)O)CC1OC. The highest BCUT2D eigenvalue weighted by Gasteiger charge is 2.31. The van der Waals surface area contributed by atoms with Gasteiger partial charge in [0.1, 0.15) is 11.4 Å². The normalized spacial score (nSPS) is 20.3. The average Bonchev–Trinajstić information content (AvgIpc) is 2.64. The molecule has 27 heavy (non-hydrogen) atoms. The van der Waals surface area contributed by atoms with Crippen molar-refractivity contribution in [1.82, 2.24) is 15.2 Å². The molecule has 0 aromatic carbocycles. The van der Waals surface area contributed by atoms with E-state index in [2.05, 4.69) is 15.2 Å². The number of aromatic nitrogens is 1. The first-order valence-electron chi connectivity index (χ1n) is 8.63. The number of nitrogen functional groups attached to an aromatic ring is 1. The Morgan fingerprint density at radius 2 is 2.22 bits per heavy atom. The summed E-state index contributed by atoms with van der Waals surface area (Å²) >= 11 is 5.98. The summed E-state index contributed by atoms with van der Waals surface area (Å²) in [6.45, 7) is 2.03. The molecule has 9 nitrogen and oxygen atoms in total. The van der Waals surface area contributed by atoms with E-state index in [4.69, 9.17) is 31.9 Å². The van der Waals surface area contributed by atoms with Crippen LogP contribution in [0.25, 0.3) is 0 Å². The Hall–Kier alpha value is -2.10. The van der Waals surface area contributed by atoms with Gasteiger partial charge >= 0.3 is 5.97 Å². The van der Waals surface area contributed by atoms with Gasteiger partial charge in [0.25, 0.3) is 5.91 Å². The fraction of sp³-hybridized carbons (Fsp3) is 0.588. The van der Waals surface area contributed by atoms with Crippen LogP contribution in [0.5, 0.6) is 5.88 Å². The largest absolute Gasteiger partial charge is 0.481 e. The van der Waals surface area contributed by atoms with E-state index in [1.165, 1.54) is 13.2 Å². The van der Waals surface area contributed by atoms with Crippen LogP contribution in [-0.2, 0) is 9.53 Å². The number of hydrogen-bond donors (Lipinski definition) is 3. The number of ether oxygens (including phenoxy) is 2. The molecule has 4 N–H and O–H groups in total. The van der Waals surface area contributed by atoms with Crippen LogP contribution < -0.4 is 15.8 Å². The molecular weight excluding hydrogens is 376 g/mol. The monoisotopic (exact) mass is 400 g/mol. The highest BCUT2D eigenvalue weighted by molar-refractivity contribution is 6.33. The number of nitrogens with two attached hydrogens (primary N) is 1. The van der Waals surface area contributed by atoms with Crippen molar-refractivity contribution in [2.75, 3.05) is 39.6 Å². The summed E-state index contributed by atoms with van der Waals surface area (Å²) in [6, 6.07) is 1.24. The van der Waals surface area contributed by atoms with Crippen LogP contribution in [-0.4, -0.2) is 72.9 Å². The van der Waals surface area contributed by atoms with E-state index in [0.29, 0.717) is 25.9 Å². The molecule has 1 saturated heterocycles. The minimum absolute atomic E-state index is 0.0921. The molecular formula is C17H25ClN4O5. The summed E-state index contributed by atoms with van der Waals surface area (Å²) in [5, 5.41) is 11.9. The van der Waals surface area contributed by atoms with Crippen LogP contribution in [0.2, 0.25) is 5.02 Å². The van der Waals surface area contributed by atoms with E-state index in [1.807, 2.05) is 0 Å². The van der Waals surface area contributed by atoms with Gasteiger partial charge in [0.05, 0.1) is 24.3 Å². The minimum atomic E-state index is -0.801. The number of rotatable bonds is 8. The summed E-state index contributed by atoms with van der Waals surface area (Å²) in [5.41, 5.74) is 5.85. The summed E-state index contributed by atoms with van der Waals surface area (Å²) in [4.78, 5) is 29.4. The number of carboxylic acids is 1. The lowest BCUT2D eigenvalue weighted by Gasteiger charge is -2.38. The Morgan fingerprint density at radius 1 is 1.48 bits per heavy atom. The van der Waals surface area contributed by atoms with Crippen molar-refractivity contribution in [3.05, 3.63) is 16.7 Å². The third-order valence-electron chi connectivity index (χ3n) is 4.53. The second-order valence-electron chi connectivity index (χ2n) is 6.35. The number of methoxy groups -OCH3 is 2. The van der Waals surface area contributed by atoms with Gasteiger partial charge in [-0.2, -0.15) is 4.98 Å². The van der Waals surface area contributed by atoms with Gasteiger partial charge in [-0.15, -0.1) is 0 Å². The molecule has 2 rings (SSSR count). The standard InChI is InChI=1S/C17H25ClN4O5/c1-26-13-9-22(6-3-4-14(23)24)7-5-12(13)20-16(25)10-8-11(18)15(19)21-17(10)27-2/h8,12-13H,3-7,9H2,1-2H3,(H2,19,21)(H,20,25)(H,23,24). The highest BCUT2D eigenvalue weighted by Crippen LogP contribution is 2.25. The first-order chi connectivity index (χ1) is 12.8. The number of nitrogens with one attached hydrogen (secondary N) is 1. The third kappa shape index (κ3) is 5.69. The maximum atomic E-state index is 12.7. The van der Waals surface area contributed by atoms with Crippen molar-refractivity contribution >= 4 is 29.3 Å². The number of aliphatic carboxylic acids is 1. The molecule has 0 radical (unpaired) electrons. The van der Waals surface area contributed by atoms with Crippen LogP contribution in [0.1, 0.15) is 29.6 Å². The van der Waals surface area contributed by atoms with Crippen LogP contribution in [0.15, 0.2) is 6.07 Å². The number of carboxylic acid groups (broad SMARTS) is 1. The quantitative estimate of drug-likeness (QED) is 0.590. The molecule has 2 atom stereocenters. The van der Waals surface area contributed by atoms with E-state index >= 15 is 0 Å². The Balaban J connectivity index is 2.00. The zero-order valence-corrected chi connectivity index (χ0v) is 16.2. The number of carbonyl (C=O) groups excluding carboxylic acids is 1. The first-order valence-corrected chi connectivity index (χ1v) is 9.01. The lowest BCUT2D eigenvalue weighted by Crippen LogP contribution is -2.55. The van der Waals surface area contributed by atoms with Gasteiger partial charge in [0, 0.05) is 26.6 Å². The highest BCUT2D eigenvalue weighted by atomic mass is 35.5. The molecule has 1 amide bonds. The van der Waals surface area contributed by atoms with Gasteiger partial charge in [0.15, 0.2) is 0 Å². The van der Waals surface area contributed by atoms with Gasteiger partial charge in [-0.3, -0.25) is 9.59 Å². The van der Waals surface area contributed by atoms with Gasteiger partial charge in [-0.05, 0) is 25.5 Å². The smallest absolute Gasteiger partial charge is 0.303 e. The topological polar surface area (TPSA) is 127 Å². The van der Waals surface area contributed by atoms with Gasteiger partial charge in [-0.25, -0.2) is 0 Å². The first kappa shape index (κ1) is 21.2. The molecule has 1 aliphatic rings. The van der Waals surface area contributed by atoms with Crippen molar-refractivity contribution in [1.29, 1.82) is 0 Å². The van der Waals surface area contributed by atoms with E-state index in [9.17, 15) is 9.59 Å². The van der Waals surface area contributed by atoms with Gasteiger partial charge in [0.2, 0.25) is 5.88 Å². The molecule has 150 valence electrons. The van der Waals surface area contributed by atoms with E-state index in [0.717, 1.165) is 6.54 Å². The van der Waals surface area contributed by atoms with Crippen LogP contribution >= 0.6 is 11.6 Å². The number of halogens is 1. The maximum absolute atomic E-state index is 12.7. The van der Waals surface area contributed by atoms with Crippen molar-refractivity contribution < 1.29 is 24.2 Å². The average molecular weight is 401 g/mol. The van der Waals surface area contributed by atoms with E-state index in [1.54, 1.807) is 7.11 Å². The number of piperidine rings is 1. The minimum Gasteiger partial charge on any atom is -0.481 e. The van der Waals surface area contributed by atoms with Crippen molar-refractivity contribution in [2.45, 2.75) is 31.4 Å². The Kier molecular flexibility index (Phi) is 7.64. The molecule has 10 heteroatoms. The number of amides is 1. The molecule has 0 spiro atoms. The number of anilines is 1. The van der Waals surface area contributed by atoms with Gasteiger partial charge < -0.3 is 30.5 Å². The number of carbonyl (C=O) groups is 2. The molecule has 1 fully saturated rings. The lowest BCUT2D eigenvalue weighted by atomic mass is 10.0. The lowest BCUT2D eigenvalue weighted by molar-refractivity contribution is -0.137. The molecule has 2 unspecified atom stereocenters. The van der Waals surface area contributed by atoms with Crippen molar-refractivity contribution in [2.24, 2.45) is 0 Å². The van der Waals surface area contributed by atoms with Crippen LogP contribution in [0.3, 0.4) is 0 Å². The van der Waals surface area contributed by atoms with Crippen molar-refractivity contribution in [3.8, 4) is 5.88 Å². The molecule has 0 bridgehead atoms. The fourth-order valence-electron chi connectivity index (χ4n) is 3.09. The second kappa shape index (κ2) is 9.72. The van der Waals surface area contributed by atoms with Crippen molar-refractivity contribution in [3.63, 3.8) is 0 Å². The maximum Gasteiger partial charge on any atom is 0.303 e. The van der Waals surface area contributed by atoms with E-state index < -0.39 is 5.97 Å². The molecule has 0 saturated carbocycles. The second-order valence-corrected chi connectivity index (χ2v) is 6.76. The number of hydrogen-bond acceptors (Lipinski definition) is 7. The molecule has 1 aromatic heterocycles. The molecule has 1 aliphatic heterocycles. The summed E-state index contributed by atoms with van der Waals surface area (Å²) in [7, 11) is 2.99. The Labute approximate surface area is 162 Å². The number of likely N-dealkylation sites (tertiary alicyclic amines) is 1. The van der Waals surface area contributed by atoms with Crippen LogP contribution in [0, 0.1) is 0 Å². The zero-order valence-electron chi connectivity index (χ0n) is 15.4. The molecule has 0 aliphatic carbocycles. The zero-order chi connectivity index (χ0) is 20.0. The third-order valence-corrected chi connectivity index (χ3v) is 4.84. The van der Waals surface area contributed by atoms with E-state index in [-0.39, 0.29) is 46.8 Å². The Morgan fingerprint density at radius 3 is 2.85 bits per heavy atom. The summed E-state index contributed by atoms with van der Waals surface area (Å²) in [5.74, 6) is -0.971. The predicted octanol–water partition coefficient (Wildman–Crippen LogP) is 1.01. The molecule has 1 aromatic rings. The Bertz CT molecular complexity index is 688. The summed E-state index contributed by atoms with van der Waals surface area (Å²) in [6.07, 6.45) is 1.18. The van der Waals surface area contributed by atoms with Crippen LogP contribution in [0.4, 0.5) is 5.82 Å².